The predicted molar refractivity (Wildman–Crippen MR) is 93.1 cm³/mol. The smallest absolute Gasteiger partial charge is 0.287 e. The highest BCUT2D eigenvalue weighted by atomic mass is 19.2. The summed E-state index contributed by atoms with van der Waals surface area (Å²) in [5.74, 6) is -12.9. The minimum Gasteiger partial charge on any atom is -0.479 e. The van der Waals surface area contributed by atoms with Gasteiger partial charge in [0.15, 0.2) is 11.5 Å². The number of carbonyl (C=O) groups is 1. The van der Waals surface area contributed by atoms with Gasteiger partial charge in [0.2, 0.25) is 29.1 Å². The molecular weight excluding hydrogens is 413 g/mol. The second-order valence-electron chi connectivity index (χ2n) is 6.25. The van der Waals surface area contributed by atoms with Crippen molar-refractivity contribution in [2.75, 3.05) is 0 Å². The van der Waals surface area contributed by atoms with E-state index in [4.69, 9.17) is 9.15 Å². The van der Waals surface area contributed by atoms with Gasteiger partial charge < -0.3 is 14.5 Å². The zero-order chi connectivity index (χ0) is 22.0. The van der Waals surface area contributed by atoms with Crippen molar-refractivity contribution in [3.63, 3.8) is 0 Å². The third kappa shape index (κ3) is 4.14. The molecule has 1 aromatic carbocycles. The predicted octanol–water partition coefficient (Wildman–Crippen LogP) is 4.26. The van der Waals surface area contributed by atoms with Crippen molar-refractivity contribution < 1.29 is 35.9 Å². The van der Waals surface area contributed by atoms with Crippen LogP contribution in [-0.4, -0.2) is 15.7 Å². The van der Waals surface area contributed by atoms with Crippen molar-refractivity contribution in [2.24, 2.45) is 0 Å². The van der Waals surface area contributed by atoms with E-state index in [1.165, 1.54) is 12.1 Å². The van der Waals surface area contributed by atoms with Crippen LogP contribution in [0, 0.1) is 29.1 Å². The first kappa shape index (κ1) is 21.3. The second-order valence-corrected chi connectivity index (χ2v) is 6.25. The van der Waals surface area contributed by atoms with Gasteiger partial charge in [0, 0.05) is 12.7 Å². The summed E-state index contributed by atoms with van der Waals surface area (Å²) in [5.41, 5.74) is 0.631. The number of aromatic nitrogens is 2. The lowest BCUT2D eigenvalue weighted by atomic mass is 10.2. The summed E-state index contributed by atoms with van der Waals surface area (Å²) in [6.07, 6.45) is 1.76. The van der Waals surface area contributed by atoms with Crippen LogP contribution in [0.15, 0.2) is 28.8 Å². The largest absolute Gasteiger partial charge is 0.479 e. The molecule has 1 amide bonds. The molecule has 0 aliphatic heterocycles. The number of furan rings is 1. The fourth-order valence-corrected chi connectivity index (χ4v) is 2.56. The van der Waals surface area contributed by atoms with Gasteiger partial charge in [0.05, 0.1) is 11.7 Å². The molecule has 3 rings (SSSR count). The van der Waals surface area contributed by atoms with Gasteiger partial charge in [-0.25, -0.2) is 13.2 Å². The molecule has 0 saturated carbocycles. The number of nitrogens with one attached hydrogen (secondary N) is 1. The fourth-order valence-electron chi connectivity index (χ4n) is 2.56. The number of amides is 1. The second kappa shape index (κ2) is 8.56. The first-order valence-corrected chi connectivity index (χ1v) is 8.80. The number of hydrogen-bond acceptors (Lipinski definition) is 4. The van der Waals surface area contributed by atoms with Crippen LogP contribution in [0.5, 0.6) is 5.75 Å². The Hall–Kier alpha value is -3.37. The molecule has 1 atom stereocenters. The van der Waals surface area contributed by atoms with E-state index in [9.17, 15) is 26.7 Å². The zero-order valence-corrected chi connectivity index (χ0v) is 15.8. The number of halogens is 5. The minimum atomic E-state index is -2.29. The van der Waals surface area contributed by atoms with E-state index in [1.54, 1.807) is 23.9 Å². The highest BCUT2D eigenvalue weighted by Gasteiger charge is 2.27. The molecule has 2 heterocycles. The molecule has 2 aromatic heterocycles. The number of rotatable bonds is 7. The molecular formula is C19H16F5N3O3. The number of hydrogen-bond donors (Lipinski definition) is 1. The zero-order valence-electron chi connectivity index (χ0n) is 15.8. The van der Waals surface area contributed by atoms with Crippen LogP contribution in [0.2, 0.25) is 0 Å². The third-order valence-electron chi connectivity index (χ3n) is 4.19. The lowest BCUT2D eigenvalue weighted by Gasteiger charge is -2.10. The van der Waals surface area contributed by atoms with E-state index in [-0.39, 0.29) is 11.5 Å². The van der Waals surface area contributed by atoms with Crippen LogP contribution >= 0.6 is 0 Å². The molecule has 0 radical (unpaired) electrons. The lowest BCUT2D eigenvalue weighted by molar-refractivity contribution is 0.0906. The molecule has 0 aliphatic carbocycles. The van der Waals surface area contributed by atoms with E-state index in [2.05, 4.69) is 10.4 Å². The third-order valence-corrected chi connectivity index (χ3v) is 4.19. The summed E-state index contributed by atoms with van der Waals surface area (Å²) in [7, 11) is 0. The van der Waals surface area contributed by atoms with Crippen LogP contribution < -0.4 is 10.1 Å². The van der Waals surface area contributed by atoms with Crippen LogP contribution in [0.1, 0.15) is 41.9 Å². The Morgan fingerprint density at radius 2 is 1.73 bits per heavy atom. The Balaban J connectivity index is 1.66. The van der Waals surface area contributed by atoms with Gasteiger partial charge >= 0.3 is 0 Å². The monoisotopic (exact) mass is 429 g/mol. The summed E-state index contributed by atoms with van der Waals surface area (Å²) >= 11 is 0. The van der Waals surface area contributed by atoms with Crippen LogP contribution in [0.25, 0.3) is 0 Å². The molecule has 6 nitrogen and oxygen atoms in total. The van der Waals surface area contributed by atoms with Gasteiger partial charge in [-0.2, -0.15) is 13.9 Å². The molecule has 0 fully saturated rings. The van der Waals surface area contributed by atoms with Crippen molar-refractivity contribution in [3.8, 4) is 5.75 Å². The molecule has 30 heavy (non-hydrogen) atoms. The maximum absolute atomic E-state index is 13.6. The Morgan fingerprint density at radius 3 is 2.33 bits per heavy atom. The maximum atomic E-state index is 13.6. The molecule has 1 unspecified atom stereocenters. The van der Waals surface area contributed by atoms with E-state index in [0.29, 0.717) is 12.2 Å². The Bertz CT molecular complexity index is 1050. The number of benzene rings is 1. The molecule has 0 saturated heterocycles. The molecule has 160 valence electrons. The number of carbonyl (C=O) groups excluding carboxylic acids is 1. The number of nitrogens with zero attached hydrogens (tertiary/aromatic N) is 2. The molecule has 0 aliphatic rings. The van der Waals surface area contributed by atoms with Gasteiger partial charge in [-0.15, -0.1) is 0 Å². The van der Waals surface area contributed by atoms with Crippen molar-refractivity contribution >= 4 is 5.91 Å². The normalized spacial score (nSPS) is 12.1. The van der Waals surface area contributed by atoms with E-state index in [1.807, 2.05) is 6.92 Å². The molecule has 3 aromatic rings. The molecule has 0 bridgehead atoms. The molecule has 11 heteroatoms. The van der Waals surface area contributed by atoms with Gasteiger partial charge in [-0.3, -0.25) is 9.48 Å². The Labute approximate surface area is 167 Å². The van der Waals surface area contributed by atoms with Crippen molar-refractivity contribution in [1.29, 1.82) is 0 Å². The standard InChI is InChI=1S/C19H16F5N3O3/c1-3-27-7-6-11(26-27)9(2)25-19(28)12-5-4-10(30-12)8-29-18-16(23)14(21)13(20)15(22)17(18)24/h4-7,9H,3,8H2,1-2H3,(H,25,28). The summed E-state index contributed by atoms with van der Waals surface area (Å²) in [5, 5.41) is 6.94. The topological polar surface area (TPSA) is 69.3 Å². The molecule has 1 N–H and O–H groups in total. The number of aryl methyl sites for hydroxylation is 1. The quantitative estimate of drug-likeness (QED) is 0.346. The van der Waals surface area contributed by atoms with E-state index < -0.39 is 53.4 Å². The lowest BCUT2D eigenvalue weighted by Crippen LogP contribution is -2.26. The Kier molecular flexibility index (Phi) is 6.09. The fraction of sp³-hybridized carbons (Fsp3) is 0.263. The van der Waals surface area contributed by atoms with Crippen molar-refractivity contribution in [3.05, 3.63) is 70.7 Å². The molecule has 0 spiro atoms. The van der Waals surface area contributed by atoms with E-state index >= 15 is 0 Å². The van der Waals surface area contributed by atoms with Crippen LogP contribution in [0.4, 0.5) is 22.0 Å². The maximum Gasteiger partial charge on any atom is 0.287 e. The van der Waals surface area contributed by atoms with E-state index in [0.717, 1.165) is 0 Å². The minimum absolute atomic E-state index is 0.0630. The summed E-state index contributed by atoms with van der Waals surface area (Å²) in [6.45, 7) is 3.64. The van der Waals surface area contributed by atoms with Crippen molar-refractivity contribution in [2.45, 2.75) is 33.0 Å². The summed E-state index contributed by atoms with van der Waals surface area (Å²) in [4.78, 5) is 12.3. The van der Waals surface area contributed by atoms with Crippen LogP contribution in [0.3, 0.4) is 0 Å². The average Bonchev–Trinajstić information content (AvgIpc) is 3.40. The first-order chi connectivity index (χ1) is 14.2. The van der Waals surface area contributed by atoms with Gasteiger partial charge in [-0.1, -0.05) is 0 Å². The van der Waals surface area contributed by atoms with Gasteiger partial charge in [0.1, 0.15) is 12.4 Å². The number of ether oxygens (including phenoxy) is 1. The summed E-state index contributed by atoms with van der Waals surface area (Å²) < 4.78 is 78.3. The van der Waals surface area contributed by atoms with Gasteiger partial charge in [0.25, 0.3) is 5.91 Å². The van der Waals surface area contributed by atoms with Gasteiger partial charge in [-0.05, 0) is 32.0 Å². The SMILES string of the molecule is CCn1ccc(C(C)NC(=O)c2ccc(COc3c(F)c(F)c(F)c(F)c3F)o2)n1. The van der Waals surface area contributed by atoms with Crippen molar-refractivity contribution in [1.82, 2.24) is 15.1 Å². The highest BCUT2D eigenvalue weighted by molar-refractivity contribution is 5.91. The summed E-state index contributed by atoms with van der Waals surface area (Å²) in [6, 6.07) is 3.88. The highest BCUT2D eigenvalue weighted by Crippen LogP contribution is 2.29. The average molecular weight is 429 g/mol. The first-order valence-electron chi connectivity index (χ1n) is 8.80. The van der Waals surface area contributed by atoms with Crippen LogP contribution in [-0.2, 0) is 13.2 Å². The Morgan fingerprint density at radius 1 is 1.10 bits per heavy atom.